The molecule has 4 amide bonds. The minimum atomic E-state index is -1.17. The van der Waals surface area contributed by atoms with Gasteiger partial charge in [-0.1, -0.05) is 17.2 Å². The predicted octanol–water partition coefficient (Wildman–Crippen LogP) is 0.0883. The smallest absolute Gasteiger partial charge is 0.428 e. The molecular formula is C15H15N3O7. The van der Waals surface area contributed by atoms with Crippen LogP contribution in [-0.2, 0) is 35.4 Å². The number of hydrogen-bond acceptors (Lipinski definition) is 7. The average Bonchev–Trinajstić information content (AvgIpc) is 2.91. The summed E-state index contributed by atoms with van der Waals surface area (Å²) >= 11 is 0. The van der Waals surface area contributed by atoms with Crippen molar-refractivity contribution in [1.29, 1.82) is 0 Å². The molecule has 10 heteroatoms. The third-order valence-electron chi connectivity index (χ3n) is 3.11. The van der Waals surface area contributed by atoms with Crippen molar-refractivity contribution in [2.24, 2.45) is 0 Å². The van der Waals surface area contributed by atoms with Crippen LogP contribution in [-0.4, -0.2) is 41.9 Å². The van der Waals surface area contributed by atoms with Crippen molar-refractivity contribution in [2.45, 2.75) is 19.4 Å². The molecule has 2 N–H and O–H groups in total. The molecule has 1 heterocycles. The molecular weight excluding hydrogens is 334 g/mol. The zero-order valence-corrected chi connectivity index (χ0v) is 13.0. The average molecular weight is 349 g/mol. The second-order valence-electron chi connectivity index (χ2n) is 4.96. The standard InChI is InChI=1S/C15H15N3O7/c19-9-16-7-12(20)17-11-3-1-10(2-4-11)8-24-15(23)25-18-13(21)5-6-14(18)22/h1-4,9H,5-8H2,(H,16,19)(H,17,20). The number of benzene rings is 1. The van der Waals surface area contributed by atoms with Gasteiger partial charge in [0, 0.05) is 18.5 Å². The van der Waals surface area contributed by atoms with E-state index >= 15 is 0 Å². The van der Waals surface area contributed by atoms with E-state index in [0.717, 1.165) is 0 Å². The second kappa shape index (κ2) is 8.43. The second-order valence-corrected chi connectivity index (χ2v) is 4.96. The number of carbonyl (C=O) groups is 5. The molecule has 2 rings (SSSR count). The highest BCUT2D eigenvalue weighted by Gasteiger charge is 2.33. The molecule has 1 aliphatic heterocycles. The van der Waals surface area contributed by atoms with E-state index in [2.05, 4.69) is 15.5 Å². The molecule has 0 radical (unpaired) electrons. The van der Waals surface area contributed by atoms with E-state index in [1.54, 1.807) is 24.3 Å². The molecule has 0 aliphatic carbocycles. The molecule has 1 saturated heterocycles. The maximum Gasteiger partial charge on any atom is 0.534 e. The van der Waals surface area contributed by atoms with Crippen molar-refractivity contribution in [3.63, 3.8) is 0 Å². The van der Waals surface area contributed by atoms with Crippen molar-refractivity contribution < 1.29 is 33.5 Å². The number of rotatable bonds is 7. The summed E-state index contributed by atoms with van der Waals surface area (Å²) in [6.45, 7) is -0.288. The normalized spacial score (nSPS) is 13.4. The monoisotopic (exact) mass is 349 g/mol. The minimum Gasteiger partial charge on any atom is -0.428 e. The molecule has 0 saturated carbocycles. The Morgan fingerprint density at radius 3 is 2.36 bits per heavy atom. The van der Waals surface area contributed by atoms with Gasteiger partial charge in [0.2, 0.25) is 12.3 Å². The first kappa shape index (κ1) is 17.9. The van der Waals surface area contributed by atoms with Crippen LogP contribution in [0.4, 0.5) is 10.5 Å². The molecule has 1 aromatic carbocycles. The number of hydrogen-bond donors (Lipinski definition) is 2. The Morgan fingerprint density at radius 1 is 1.12 bits per heavy atom. The molecule has 25 heavy (non-hydrogen) atoms. The molecule has 0 atom stereocenters. The van der Waals surface area contributed by atoms with Crippen molar-refractivity contribution in [2.75, 3.05) is 11.9 Å². The maximum atomic E-state index is 11.5. The Hall–Kier alpha value is -3.43. The van der Waals surface area contributed by atoms with Gasteiger partial charge in [0.25, 0.3) is 11.8 Å². The van der Waals surface area contributed by atoms with Crippen LogP contribution in [0.15, 0.2) is 24.3 Å². The summed E-state index contributed by atoms with van der Waals surface area (Å²) in [4.78, 5) is 60.2. The highest BCUT2D eigenvalue weighted by molar-refractivity contribution is 6.01. The third kappa shape index (κ3) is 5.30. The van der Waals surface area contributed by atoms with Gasteiger partial charge in [0.15, 0.2) is 0 Å². The van der Waals surface area contributed by atoms with Gasteiger partial charge in [-0.15, -0.1) is 0 Å². The van der Waals surface area contributed by atoms with Gasteiger partial charge in [-0.25, -0.2) is 4.79 Å². The number of amides is 4. The van der Waals surface area contributed by atoms with Crippen LogP contribution < -0.4 is 10.6 Å². The minimum absolute atomic E-state index is 0.00165. The molecule has 0 spiro atoms. The fraction of sp³-hybridized carbons (Fsp3) is 0.267. The van der Waals surface area contributed by atoms with E-state index in [1.807, 2.05) is 0 Å². The SMILES string of the molecule is O=CNCC(=O)Nc1ccc(COC(=O)ON2C(=O)CCC2=O)cc1. The Bertz CT molecular complexity index is 671. The Labute approximate surface area is 142 Å². The van der Waals surface area contributed by atoms with E-state index in [0.29, 0.717) is 22.7 Å². The van der Waals surface area contributed by atoms with Crippen LogP contribution >= 0.6 is 0 Å². The molecule has 0 bridgehead atoms. The van der Waals surface area contributed by atoms with Gasteiger partial charge in [-0.05, 0) is 17.7 Å². The number of ether oxygens (including phenoxy) is 1. The van der Waals surface area contributed by atoms with Crippen LogP contribution in [0.2, 0.25) is 0 Å². The fourth-order valence-electron chi connectivity index (χ4n) is 1.92. The zero-order valence-electron chi connectivity index (χ0n) is 13.0. The topological polar surface area (TPSA) is 131 Å². The quantitative estimate of drug-likeness (QED) is 0.405. The van der Waals surface area contributed by atoms with Crippen LogP contribution in [0.5, 0.6) is 0 Å². The highest BCUT2D eigenvalue weighted by atomic mass is 16.8. The van der Waals surface area contributed by atoms with E-state index < -0.39 is 18.0 Å². The maximum absolute atomic E-state index is 11.5. The van der Waals surface area contributed by atoms with Crippen LogP contribution in [0.3, 0.4) is 0 Å². The van der Waals surface area contributed by atoms with Crippen molar-refractivity contribution >= 4 is 36.0 Å². The summed E-state index contributed by atoms with van der Waals surface area (Å²) in [7, 11) is 0. The summed E-state index contributed by atoms with van der Waals surface area (Å²) in [6, 6.07) is 6.36. The largest absolute Gasteiger partial charge is 0.534 e. The van der Waals surface area contributed by atoms with Crippen molar-refractivity contribution in [3.05, 3.63) is 29.8 Å². The number of nitrogens with one attached hydrogen (secondary N) is 2. The Kier molecular flexibility index (Phi) is 6.04. The first-order chi connectivity index (χ1) is 12.0. The molecule has 1 aromatic rings. The van der Waals surface area contributed by atoms with E-state index in [1.165, 1.54) is 0 Å². The van der Waals surface area contributed by atoms with Gasteiger partial charge >= 0.3 is 6.16 Å². The van der Waals surface area contributed by atoms with Crippen molar-refractivity contribution in [1.82, 2.24) is 10.4 Å². The number of anilines is 1. The first-order valence-corrected chi connectivity index (χ1v) is 7.26. The summed E-state index contributed by atoms with van der Waals surface area (Å²) in [5, 5.41) is 5.18. The summed E-state index contributed by atoms with van der Waals surface area (Å²) < 4.78 is 4.82. The van der Waals surface area contributed by atoms with Gasteiger partial charge < -0.3 is 15.4 Å². The van der Waals surface area contributed by atoms with Gasteiger partial charge in [-0.3, -0.25) is 24.0 Å². The zero-order chi connectivity index (χ0) is 18.2. The Balaban J connectivity index is 1.78. The lowest BCUT2D eigenvalue weighted by Crippen LogP contribution is -2.32. The lowest BCUT2D eigenvalue weighted by molar-refractivity contribution is -0.177. The van der Waals surface area contributed by atoms with Crippen LogP contribution in [0.1, 0.15) is 18.4 Å². The Morgan fingerprint density at radius 2 is 1.76 bits per heavy atom. The van der Waals surface area contributed by atoms with Crippen LogP contribution in [0.25, 0.3) is 0 Å². The highest BCUT2D eigenvalue weighted by Crippen LogP contribution is 2.14. The lowest BCUT2D eigenvalue weighted by atomic mass is 10.2. The van der Waals surface area contributed by atoms with E-state index in [-0.39, 0.29) is 31.9 Å². The molecule has 0 unspecified atom stereocenters. The molecule has 132 valence electrons. The predicted molar refractivity (Wildman–Crippen MR) is 81.5 cm³/mol. The summed E-state index contributed by atoms with van der Waals surface area (Å²) in [5.74, 6) is -1.57. The van der Waals surface area contributed by atoms with Gasteiger partial charge in [0.05, 0.1) is 6.54 Å². The summed E-state index contributed by atoms with van der Waals surface area (Å²) in [6.07, 6.45) is -0.743. The van der Waals surface area contributed by atoms with Crippen LogP contribution in [0, 0.1) is 0 Å². The van der Waals surface area contributed by atoms with Gasteiger partial charge in [-0.2, -0.15) is 0 Å². The third-order valence-corrected chi connectivity index (χ3v) is 3.11. The molecule has 10 nitrogen and oxygen atoms in total. The molecule has 1 fully saturated rings. The first-order valence-electron chi connectivity index (χ1n) is 7.26. The van der Waals surface area contributed by atoms with Crippen molar-refractivity contribution in [3.8, 4) is 0 Å². The number of carbonyl (C=O) groups excluding carboxylic acids is 5. The van der Waals surface area contributed by atoms with E-state index in [9.17, 15) is 24.0 Å². The lowest BCUT2D eigenvalue weighted by Gasteiger charge is -2.12. The number of hydroxylamine groups is 2. The summed E-state index contributed by atoms with van der Waals surface area (Å²) in [5.41, 5.74) is 1.09. The molecule has 1 aliphatic rings. The number of nitrogens with zero attached hydrogens (tertiary/aromatic N) is 1. The van der Waals surface area contributed by atoms with E-state index in [4.69, 9.17) is 4.74 Å². The number of imide groups is 1. The van der Waals surface area contributed by atoms with Gasteiger partial charge in [0.1, 0.15) is 6.61 Å². The molecule has 0 aromatic heterocycles. The fourth-order valence-corrected chi connectivity index (χ4v) is 1.92.